The molecule has 0 aliphatic heterocycles. The third-order valence-corrected chi connectivity index (χ3v) is 4.23. The van der Waals surface area contributed by atoms with E-state index in [4.69, 9.17) is 11.6 Å². The smallest absolute Gasteiger partial charge is 0.127 e. The quantitative estimate of drug-likeness (QED) is 0.634. The number of aromatic nitrogens is 2. The molecule has 5 heteroatoms. The van der Waals surface area contributed by atoms with Crippen LogP contribution < -0.4 is 0 Å². The minimum absolute atomic E-state index is 0.201. The van der Waals surface area contributed by atoms with Gasteiger partial charge in [-0.1, -0.05) is 0 Å². The second kappa shape index (κ2) is 5.54. The molecule has 1 aromatic carbocycles. The molecular formula is C15H14ClFN2S. The lowest BCUT2D eigenvalue weighted by Gasteiger charge is -2.09. The van der Waals surface area contributed by atoms with Crippen LogP contribution in [0.25, 0.3) is 11.0 Å². The highest BCUT2D eigenvalue weighted by Gasteiger charge is 2.15. The van der Waals surface area contributed by atoms with E-state index < -0.39 is 0 Å². The van der Waals surface area contributed by atoms with Crippen molar-refractivity contribution in [3.8, 4) is 0 Å². The Kier molecular flexibility index (Phi) is 3.76. The van der Waals surface area contributed by atoms with Crippen LogP contribution in [0.5, 0.6) is 0 Å². The number of rotatable bonds is 4. The fourth-order valence-corrected chi connectivity index (χ4v) is 3.21. The van der Waals surface area contributed by atoms with Crippen LogP contribution in [0.15, 0.2) is 35.0 Å². The maximum Gasteiger partial charge on any atom is 0.127 e. The van der Waals surface area contributed by atoms with Gasteiger partial charge in [-0.2, -0.15) is 11.3 Å². The number of thiophene rings is 1. The van der Waals surface area contributed by atoms with E-state index in [9.17, 15) is 4.39 Å². The van der Waals surface area contributed by atoms with Crippen LogP contribution in [0.1, 0.15) is 23.7 Å². The van der Waals surface area contributed by atoms with Crippen molar-refractivity contribution in [2.24, 2.45) is 0 Å². The van der Waals surface area contributed by atoms with Gasteiger partial charge in [0.1, 0.15) is 11.6 Å². The summed E-state index contributed by atoms with van der Waals surface area (Å²) in [6, 6.07) is 6.81. The Morgan fingerprint density at radius 3 is 2.95 bits per heavy atom. The molecule has 2 heterocycles. The van der Waals surface area contributed by atoms with Gasteiger partial charge < -0.3 is 4.57 Å². The zero-order valence-corrected chi connectivity index (χ0v) is 12.6. The van der Waals surface area contributed by atoms with Crippen LogP contribution in [0, 0.1) is 5.82 Å². The Labute approximate surface area is 125 Å². The average Bonchev–Trinajstić information content (AvgIpc) is 3.02. The van der Waals surface area contributed by atoms with Gasteiger partial charge in [-0.25, -0.2) is 9.37 Å². The van der Waals surface area contributed by atoms with Crippen LogP contribution in [0.4, 0.5) is 4.39 Å². The van der Waals surface area contributed by atoms with Crippen molar-refractivity contribution >= 4 is 34.0 Å². The van der Waals surface area contributed by atoms with Crippen molar-refractivity contribution in [3.63, 3.8) is 0 Å². The van der Waals surface area contributed by atoms with Gasteiger partial charge in [-0.15, -0.1) is 11.6 Å². The van der Waals surface area contributed by atoms with Crippen LogP contribution in [-0.4, -0.2) is 9.55 Å². The number of hydrogen-bond donors (Lipinski definition) is 0. The summed E-state index contributed by atoms with van der Waals surface area (Å²) in [7, 11) is 0. The third-order valence-electron chi connectivity index (χ3n) is 3.30. The Morgan fingerprint density at radius 2 is 2.25 bits per heavy atom. The molecule has 1 atom stereocenters. The highest BCUT2D eigenvalue weighted by atomic mass is 35.5. The van der Waals surface area contributed by atoms with Crippen molar-refractivity contribution in [3.05, 3.63) is 52.2 Å². The fourth-order valence-electron chi connectivity index (χ4n) is 2.34. The molecule has 20 heavy (non-hydrogen) atoms. The number of hydrogen-bond acceptors (Lipinski definition) is 2. The molecule has 2 nitrogen and oxygen atoms in total. The van der Waals surface area contributed by atoms with Crippen LogP contribution in [0.2, 0.25) is 0 Å². The maximum absolute atomic E-state index is 13.3. The molecule has 104 valence electrons. The molecule has 1 unspecified atom stereocenters. The SMILES string of the molecule is CC(Cl)c1nc2cc(F)ccc2n1CCc1ccsc1. The summed E-state index contributed by atoms with van der Waals surface area (Å²) < 4.78 is 15.4. The average molecular weight is 309 g/mol. The lowest BCUT2D eigenvalue weighted by Crippen LogP contribution is -2.06. The van der Waals surface area contributed by atoms with Crippen LogP contribution >= 0.6 is 22.9 Å². The maximum atomic E-state index is 13.3. The van der Waals surface area contributed by atoms with E-state index in [2.05, 4.69) is 26.4 Å². The summed E-state index contributed by atoms with van der Waals surface area (Å²) in [6.45, 7) is 2.69. The Bertz CT molecular complexity index is 719. The van der Waals surface area contributed by atoms with Crippen molar-refractivity contribution in [1.82, 2.24) is 9.55 Å². The highest BCUT2D eigenvalue weighted by molar-refractivity contribution is 7.07. The first-order valence-corrected chi connectivity index (χ1v) is 7.84. The number of alkyl halides is 1. The van der Waals surface area contributed by atoms with E-state index in [0.717, 1.165) is 24.3 Å². The Morgan fingerprint density at radius 1 is 1.40 bits per heavy atom. The molecule has 0 aliphatic rings. The summed E-state index contributed by atoms with van der Waals surface area (Å²) in [6.07, 6.45) is 0.920. The minimum Gasteiger partial charge on any atom is -0.326 e. The molecular weight excluding hydrogens is 295 g/mol. The normalized spacial score (nSPS) is 12.9. The number of benzene rings is 1. The summed E-state index contributed by atoms with van der Waals surface area (Å²) >= 11 is 7.90. The van der Waals surface area contributed by atoms with E-state index in [1.54, 1.807) is 17.4 Å². The van der Waals surface area contributed by atoms with Crippen LogP contribution in [0.3, 0.4) is 0 Å². The standard InChI is InChI=1S/C15H14ClFN2S/c1-10(16)15-18-13-8-12(17)2-3-14(13)19(15)6-4-11-5-7-20-9-11/h2-3,5,7-10H,4,6H2,1H3. The van der Waals surface area contributed by atoms with E-state index in [1.165, 1.54) is 17.7 Å². The van der Waals surface area contributed by atoms with Crippen LogP contribution in [-0.2, 0) is 13.0 Å². The zero-order valence-electron chi connectivity index (χ0n) is 11.0. The van der Waals surface area contributed by atoms with Gasteiger partial charge in [0.2, 0.25) is 0 Å². The molecule has 0 aliphatic carbocycles. The molecule has 0 fully saturated rings. The van der Waals surface area contributed by atoms with E-state index >= 15 is 0 Å². The lowest BCUT2D eigenvalue weighted by molar-refractivity contribution is 0.629. The van der Waals surface area contributed by atoms with E-state index in [-0.39, 0.29) is 11.2 Å². The molecule has 0 bridgehead atoms. The second-order valence-corrected chi connectivity index (χ2v) is 6.19. The second-order valence-electron chi connectivity index (χ2n) is 4.75. The van der Waals surface area contributed by atoms with Crippen molar-refractivity contribution in [2.45, 2.75) is 25.3 Å². The van der Waals surface area contributed by atoms with E-state index in [0.29, 0.717) is 5.52 Å². The van der Waals surface area contributed by atoms with Crippen molar-refractivity contribution in [2.75, 3.05) is 0 Å². The lowest BCUT2D eigenvalue weighted by atomic mass is 10.2. The topological polar surface area (TPSA) is 17.8 Å². The number of fused-ring (bicyclic) bond motifs is 1. The van der Waals surface area contributed by atoms with Gasteiger partial charge in [0.15, 0.2) is 0 Å². The number of aryl methyl sites for hydroxylation is 2. The predicted molar refractivity (Wildman–Crippen MR) is 82.0 cm³/mol. The molecule has 0 amide bonds. The first-order chi connectivity index (χ1) is 9.65. The molecule has 3 rings (SSSR count). The predicted octanol–water partition coefficient (Wildman–Crippen LogP) is 4.78. The molecule has 0 spiro atoms. The first-order valence-electron chi connectivity index (χ1n) is 6.46. The Balaban J connectivity index is 2.00. The molecule has 0 N–H and O–H groups in total. The zero-order chi connectivity index (χ0) is 14.1. The van der Waals surface area contributed by atoms with Gasteiger partial charge in [-0.05, 0) is 47.9 Å². The van der Waals surface area contributed by atoms with Gasteiger partial charge in [0.25, 0.3) is 0 Å². The molecule has 0 radical (unpaired) electrons. The summed E-state index contributed by atoms with van der Waals surface area (Å²) in [5.41, 5.74) is 2.90. The van der Waals surface area contributed by atoms with E-state index in [1.807, 2.05) is 6.92 Å². The van der Waals surface area contributed by atoms with Crippen molar-refractivity contribution < 1.29 is 4.39 Å². The Hall–Kier alpha value is -1.39. The van der Waals surface area contributed by atoms with Gasteiger partial charge in [0, 0.05) is 12.6 Å². The first kappa shape index (κ1) is 13.6. The van der Waals surface area contributed by atoms with Gasteiger partial charge >= 0.3 is 0 Å². The fraction of sp³-hybridized carbons (Fsp3) is 0.267. The monoisotopic (exact) mass is 308 g/mol. The molecule has 0 saturated heterocycles. The summed E-state index contributed by atoms with van der Waals surface area (Å²) in [5, 5.41) is 4.01. The number of imidazole rings is 1. The number of halogens is 2. The molecule has 2 aromatic heterocycles. The largest absolute Gasteiger partial charge is 0.326 e. The summed E-state index contributed by atoms with van der Waals surface area (Å²) in [4.78, 5) is 4.47. The molecule has 3 aromatic rings. The third kappa shape index (κ3) is 2.58. The minimum atomic E-state index is -0.270. The molecule has 0 saturated carbocycles. The van der Waals surface area contributed by atoms with Gasteiger partial charge in [0.05, 0.1) is 16.4 Å². The van der Waals surface area contributed by atoms with Gasteiger partial charge in [-0.3, -0.25) is 0 Å². The number of nitrogens with zero attached hydrogens (tertiary/aromatic N) is 2. The highest BCUT2D eigenvalue weighted by Crippen LogP contribution is 2.25. The summed E-state index contributed by atoms with van der Waals surface area (Å²) in [5.74, 6) is 0.524. The van der Waals surface area contributed by atoms with Crippen molar-refractivity contribution in [1.29, 1.82) is 0 Å².